The molecule has 0 heterocycles. The summed E-state index contributed by atoms with van der Waals surface area (Å²) in [4.78, 5) is 48.2. The lowest BCUT2D eigenvalue weighted by Gasteiger charge is -2.17. The van der Waals surface area contributed by atoms with E-state index >= 15 is 0 Å². The molecule has 0 aliphatic heterocycles. The molecule has 0 bridgehead atoms. The minimum atomic E-state index is -1.17. The summed E-state index contributed by atoms with van der Waals surface area (Å²) in [6, 6.07) is 9.91. The molecule has 2 atom stereocenters. The number of benzene rings is 2. The maximum absolute atomic E-state index is 12.7. The number of carboxylic acids is 1. The number of nitrogens with one attached hydrogen (secondary N) is 2. The quantitative estimate of drug-likeness (QED) is 0.635. The third-order valence-corrected chi connectivity index (χ3v) is 4.46. The van der Waals surface area contributed by atoms with Crippen molar-refractivity contribution in [2.24, 2.45) is 0 Å². The van der Waals surface area contributed by atoms with Crippen LogP contribution < -0.4 is 10.6 Å². The van der Waals surface area contributed by atoms with Crippen molar-refractivity contribution < 1.29 is 24.3 Å². The minimum Gasteiger partial charge on any atom is -0.480 e. The van der Waals surface area contributed by atoms with Gasteiger partial charge in [0.15, 0.2) is 5.78 Å². The highest BCUT2D eigenvalue weighted by molar-refractivity contribution is 6.24. The Hall–Kier alpha value is -3.48. The van der Waals surface area contributed by atoms with E-state index in [-0.39, 0.29) is 11.3 Å². The average molecular weight is 366 g/mol. The van der Waals surface area contributed by atoms with Crippen molar-refractivity contribution >= 4 is 23.6 Å². The molecule has 3 N–H and O–H groups in total. The predicted octanol–water partition coefficient (Wildman–Crippen LogP) is 1.61. The number of rotatable bonds is 5. The van der Waals surface area contributed by atoms with Crippen LogP contribution in [-0.4, -0.2) is 40.8 Å². The SMILES string of the molecule is CC(NC(=O)C(C)NC(=O)c1cccc2c1-c1ccccc1C2=O)C(=O)O. The second-order valence-corrected chi connectivity index (χ2v) is 6.37. The third kappa shape index (κ3) is 3.31. The van der Waals surface area contributed by atoms with E-state index in [2.05, 4.69) is 10.6 Å². The average Bonchev–Trinajstić information content (AvgIpc) is 2.94. The van der Waals surface area contributed by atoms with Gasteiger partial charge in [0.25, 0.3) is 5.91 Å². The Labute approximate surface area is 155 Å². The molecule has 0 saturated carbocycles. The fourth-order valence-corrected chi connectivity index (χ4v) is 3.01. The fraction of sp³-hybridized carbons (Fsp3) is 0.200. The molecule has 2 amide bonds. The maximum Gasteiger partial charge on any atom is 0.325 e. The summed E-state index contributed by atoms with van der Waals surface area (Å²) in [6.07, 6.45) is 0. The van der Waals surface area contributed by atoms with Crippen molar-refractivity contribution in [1.29, 1.82) is 0 Å². The van der Waals surface area contributed by atoms with Gasteiger partial charge in [-0.1, -0.05) is 36.4 Å². The summed E-state index contributed by atoms with van der Waals surface area (Å²) in [5, 5.41) is 13.7. The number of amides is 2. The van der Waals surface area contributed by atoms with Crippen molar-refractivity contribution in [1.82, 2.24) is 10.6 Å². The van der Waals surface area contributed by atoms with Crippen LogP contribution in [0.15, 0.2) is 42.5 Å². The molecule has 2 unspecified atom stereocenters. The zero-order valence-electron chi connectivity index (χ0n) is 14.8. The van der Waals surface area contributed by atoms with Crippen molar-refractivity contribution in [3.8, 4) is 11.1 Å². The van der Waals surface area contributed by atoms with Crippen LogP contribution in [0.25, 0.3) is 11.1 Å². The highest BCUT2D eigenvalue weighted by Gasteiger charge is 2.31. The van der Waals surface area contributed by atoms with E-state index < -0.39 is 29.9 Å². The molecule has 0 radical (unpaired) electrons. The summed E-state index contributed by atoms with van der Waals surface area (Å²) in [6.45, 7) is 2.80. The van der Waals surface area contributed by atoms with Gasteiger partial charge in [0, 0.05) is 22.3 Å². The van der Waals surface area contributed by atoms with Crippen LogP contribution in [-0.2, 0) is 9.59 Å². The zero-order chi connectivity index (χ0) is 19.7. The molecular formula is C20H18N2O5. The molecule has 0 spiro atoms. The number of carbonyl (C=O) groups is 4. The fourth-order valence-electron chi connectivity index (χ4n) is 3.01. The second kappa shape index (κ2) is 7.03. The first-order chi connectivity index (χ1) is 12.8. The monoisotopic (exact) mass is 366 g/mol. The van der Waals surface area contributed by atoms with Gasteiger partial charge in [0.05, 0.1) is 0 Å². The molecule has 1 aliphatic rings. The van der Waals surface area contributed by atoms with E-state index in [0.717, 1.165) is 0 Å². The number of carbonyl (C=O) groups excluding carboxylic acids is 3. The first-order valence-corrected chi connectivity index (χ1v) is 8.42. The van der Waals surface area contributed by atoms with Crippen molar-refractivity contribution in [2.75, 3.05) is 0 Å². The number of ketones is 1. The van der Waals surface area contributed by atoms with Gasteiger partial charge >= 0.3 is 5.97 Å². The molecular weight excluding hydrogens is 348 g/mol. The van der Waals surface area contributed by atoms with Crippen LogP contribution in [0.5, 0.6) is 0 Å². The van der Waals surface area contributed by atoms with Gasteiger partial charge in [-0.25, -0.2) is 0 Å². The van der Waals surface area contributed by atoms with Crippen molar-refractivity contribution in [3.05, 3.63) is 59.2 Å². The van der Waals surface area contributed by atoms with Crippen LogP contribution in [0.3, 0.4) is 0 Å². The molecule has 0 saturated heterocycles. The number of fused-ring (bicyclic) bond motifs is 3. The Bertz CT molecular complexity index is 967. The zero-order valence-corrected chi connectivity index (χ0v) is 14.8. The lowest BCUT2D eigenvalue weighted by atomic mass is 9.98. The molecule has 1 aliphatic carbocycles. The van der Waals surface area contributed by atoms with Crippen LogP contribution in [0.1, 0.15) is 40.1 Å². The van der Waals surface area contributed by atoms with Crippen LogP contribution in [0, 0.1) is 0 Å². The van der Waals surface area contributed by atoms with E-state index in [1.54, 1.807) is 42.5 Å². The van der Waals surface area contributed by atoms with Gasteiger partial charge in [-0.15, -0.1) is 0 Å². The Balaban J connectivity index is 1.85. The van der Waals surface area contributed by atoms with Gasteiger partial charge in [0.2, 0.25) is 5.91 Å². The van der Waals surface area contributed by atoms with E-state index in [9.17, 15) is 19.2 Å². The second-order valence-electron chi connectivity index (χ2n) is 6.37. The van der Waals surface area contributed by atoms with Gasteiger partial charge in [-0.05, 0) is 25.5 Å². The van der Waals surface area contributed by atoms with Crippen LogP contribution >= 0.6 is 0 Å². The van der Waals surface area contributed by atoms with Gasteiger partial charge in [0.1, 0.15) is 12.1 Å². The summed E-state index contributed by atoms with van der Waals surface area (Å²) in [7, 11) is 0. The number of aliphatic carboxylic acids is 1. The van der Waals surface area contributed by atoms with E-state index in [1.807, 2.05) is 0 Å². The van der Waals surface area contributed by atoms with E-state index in [4.69, 9.17) is 5.11 Å². The summed E-state index contributed by atoms with van der Waals surface area (Å²) in [5.41, 5.74) is 2.49. The standard InChI is InChI=1S/C20H18N2O5/c1-10(18(24)22-11(2)20(26)27)21-19(25)15-9-5-8-14-16(15)12-6-3-4-7-13(12)17(14)23/h3-11H,1-2H3,(H,21,25)(H,22,24)(H,26,27). The summed E-state index contributed by atoms with van der Waals surface area (Å²) < 4.78 is 0. The smallest absolute Gasteiger partial charge is 0.325 e. The predicted molar refractivity (Wildman–Crippen MR) is 97.5 cm³/mol. The molecule has 0 fully saturated rings. The lowest BCUT2D eigenvalue weighted by molar-refractivity contribution is -0.141. The number of hydrogen-bond donors (Lipinski definition) is 3. The molecule has 7 nitrogen and oxygen atoms in total. The summed E-state index contributed by atoms with van der Waals surface area (Å²) in [5.74, 6) is -2.43. The van der Waals surface area contributed by atoms with Gasteiger partial charge in [-0.3, -0.25) is 19.2 Å². The molecule has 3 rings (SSSR count). The first-order valence-electron chi connectivity index (χ1n) is 8.42. The Morgan fingerprint density at radius 3 is 2.15 bits per heavy atom. The third-order valence-electron chi connectivity index (χ3n) is 4.46. The number of carboxylic acid groups (broad SMARTS) is 1. The van der Waals surface area contributed by atoms with Crippen LogP contribution in [0.2, 0.25) is 0 Å². The molecule has 2 aromatic carbocycles. The minimum absolute atomic E-state index is 0.142. The maximum atomic E-state index is 12.7. The molecule has 7 heteroatoms. The highest BCUT2D eigenvalue weighted by atomic mass is 16.4. The first kappa shape index (κ1) is 18.3. The van der Waals surface area contributed by atoms with Crippen molar-refractivity contribution in [3.63, 3.8) is 0 Å². The molecule has 138 valence electrons. The molecule has 2 aromatic rings. The largest absolute Gasteiger partial charge is 0.480 e. The van der Waals surface area contributed by atoms with Gasteiger partial charge in [-0.2, -0.15) is 0 Å². The number of hydrogen-bond acceptors (Lipinski definition) is 4. The summed E-state index contributed by atoms with van der Waals surface area (Å²) >= 11 is 0. The van der Waals surface area contributed by atoms with E-state index in [0.29, 0.717) is 22.3 Å². The van der Waals surface area contributed by atoms with Gasteiger partial charge < -0.3 is 15.7 Å². The lowest BCUT2D eigenvalue weighted by Crippen LogP contribution is -2.49. The molecule has 27 heavy (non-hydrogen) atoms. The van der Waals surface area contributed by atoms with E-state index in [1.165, 1.54) is 13.8 Å². The molecule has 0 aromatic heterocycles. The topological polar surface area (TPSA) is 113 Å². The highest BCUT2D eigenvalue weighted by Crippen LogP contribution is 2.38. The Kier molecular flexibility index (Phi) is 4.77. The van der Waals surface area contributed by atoms with Crippen LogP contribution in [0.4, 0.5) is 0 Å². The Morgan fingerprint density at radius 2 is 1.48 bits per heavy atom. The normalized spacial score (nSPS) is 13.9. The Morgan fingerprint density at radius 1 is 0.852 bits per heavy atom. The van der Waals surface area contributed by atoms with Crippen molar-refractivity contribution in [2.45, 2.75) is 25.9 Å².